The number of nitrogens with zero attached hydrogens (tertiary/aromatic N) is 8. The average molecular weight is 945 g/mol. The fourth-order valence-electron chi connectivity index (χ4n) is 7.04. The highest BCUT2D eigenvalue weighted by Gasteiger charge is 2.25. The van der Waals surface area contributed by atoms with Crippen LogP contribution < -0.4 is 15.4 Å². The van der Waals surface area contributed by atoms with Gasteiger partial charge in [-0.2, -0.15) is 10.2 Å². The fourth-order valence-corrected chi connectivity index (χ4v) is 7.04. The van der Waals surface area contributed by atoms with Crippen LogP contribution in [0.5, 0.6) is 11.5 Å². The van der Waals surface area contributed by atoms with Crippen LogP contribution in [0.1, 0.15) is 44.4 Å². The van der Waals surface area contributed by atoms with E-state index in [9.17, 15) is 25.3 Å². The number of nitrogens with one attached hydrogen (secondary N) is 2. The number of ether oxygens (including phenoxy) is 5. The number of hydrogen-bond acceptors (Lipinski definition) is 16. The smallest absolute Gasteiger partial charge is 0.313 e. The number of pyridine rings is 2. The first-order valence-corrected chi connectivity index (χ1v) is 22.3. The number of aromatic nitrogens is 6. The summed E-state index contributed by atoms with van der Waals surface area (Å²) in [6, 6.07) is 26.6. The van der Waals surface area contributed by atoms with Crippen LogP contribution in [0.25, 0.3) is 22.5 Å². The molecule has 69 heavy (non-hydrogen) atoms. The lowest BCUT2D eigenvalue weighted by molar-refractivity contribution is -0.386. The summed E-state index contributed by atoms with van der Waals surface area (Å²) in [5.74, 6) is 0.830. The van der Waals surface area contributed by atoms with Crippen LogP contribution in [0.3, 0.4) is 0 Å². The van der Waals surface area contributed by atoms with Gasteiger partial charge in [0, 0.05) is 86.6 Å². The molecule has 0 aliphatic heterocycles. The van der Waals surface area contributed by atoms with Crippen LogP contribution in [0.4, 0.5) is 34.4 Å². The SMILES string of the molecule is CCOC(Cn1nc(-c2cccnc2)cc1Nc1c(C)ccc([N+](=O)[O-])c1O)OCC.CCOC(Cn1nc(-c2cccnc2)cc1Nc1c(C)ccc([N+](=O)[O-])c1OCc1ccccc1)OCC. The van der Waals surface area contributed by atoms with E-state index < -0.39 is 28.2 Å². The highest BCUT2D eigenvalue weighted by Crippen LogP contribution is 2.41. The molecule has 0 radical (unpaired) electrons. The largest absolute Gasteiger partial charge is 0.501 e. The Hall–Kier alpha value is -7.78. The molecular weight excluding hydrogens is 889 g/mol. The molecule has 0 bridgehead atoms. The summed E-state index contributed by atoms with van der Waals surface area (Å²) in [5.41, 5.74) is 5.48. The van der Waals surface area contributed by atoms with Gasteiger partial charge in [-0.05, 0) is 82.5 Å². The monoisotopic (exact) mass is 944 g/mol. The van der Waals surface area contributed by atoms with E-state index in [0.717, 1.165) is 22.3 Å². The Labute approximate surface area is 399 Å². The van der Waals surface area contributed by atoms with Crippen LogP contribution >= 0.6 is 0 Å². The first-order valence-electron chi connectivity index (χ1n) is 22.3. The van der Waals surface area contributed by atoms with Crippen LogP contribution in [-0.2, 0) is 38.6 Å². The van der Waals surface area contributed by atoms with Gasteiger partial charge in [0.05, 0.1) is 45.7 Å². The molecule has 0 fully saturated rings. The molecule has 0 unspecified atom stereocenters. The number of benzene rings is 3. The molecule has 0 spiro atoms. The summed E-state index contributed by atoms with van der Waals surface area (Å²) in [6.07, 6.45) is 5.73. The van der Waals surface area contributed by atoms with E-state index in [-0.39, 0.29) is 36.0 Å². The minimum atomic E-state index is -0.626. The maximum atomic E-state index is 11.9. The highest BCUT2D eigenvalue weighted by atomic mass is 16.7. The van der Waals surface area contributed by atoms with Crippen LogP contribution in [0, 0.1) is 34.1 Å². The first-order chi connectivity index (χ1) is 33.4. The van der Waals surface area contributed by atoms with Gasteiger partial charge >= 0.3 is 11.4 Å². The lowest BCUT2D eigenvalue weighted by atomic mass is 10.1. The molecule has 3 aromatic carbocycles. The Morgan fingerprint density at radius 3 is 1.54 bits per heavy atom. The van der Waals surface area contributed by atoms with Crippen molar-refractivity contribution >= 4 is 34.4 Å². The molecule has 0 saturated heterocycles. The third kappa shape index (κ3) is 13.4. The van der Waals surface area contributed by atoms with Crippen LogP contribution in [0.2, 0.25) is 0 Å². The Morgan fingerprint density at radius 2 is 1.09 bits per heavy atom. The second-order valence-corrected chi connectivity index (χ2v) is 15.1. The highest BCUT2D eigenvalue weighted by molar-refractivity contribution is 5.77. The predicted molar refractivity (Wildman–Crippen MR) is 260 cm³/mol. The minimum absolute atomic E-state index is 0.130. The molecule has 0 amide bonds. The fraction of sp³-hybridized carbons (Fsp3) is 0.306. The number of anilines is 4. The van der Waals surface area contributed by atoms with Crippen LogP contribution in [-0.4, -0.2) is 83.5 Å². The van der Waals surface area contributed by atoms with E-state index in [0.29, 0.717) is 67.2 Å². The van der Waals surface area contributed by atoms with Crippen molar-refractivity contribution < 1.29 is 38.6 Å². The average Bonchev–Trinajstić information content (AvgIpc) is 3.94. The zero-order valence-corrected chi connectivity index (χ0v) is 39.3. The Bertz CT molecular complexity index is 2740. The van der Waals surface area contributed by atoms with Crippen molar-refractivity contribution in [2.24, 2.45) is 0 Å². The summed E-state index contributed by atoms with van der Waals surface area (Å²) in [4.78, 5) is 30.4. The van der Waals surface area contributed by atoms with Gasteiger partial charge in [0.1, 0.15) is 18.2 Å². The second kappa shape index (κ2) is 24.8. The lowest BCUT2D eigenvalue weighted by Crippen LogP contribution is -2.25. The molecule has 362 valence electrons. The predicted octanol–water partition coefficient (Wildman–Crippen LogP) is 9.89. The summed E-state index contributed by atoms with van der Waals surface area (Å²) < 4.78 is 32.2. The van der Waals surface area contributed by atoms with Crippen molar-refractivity contribution in [2.75, 3.05) is 37.1 Å². The number of nitro benzene ring substituents is 2. The maximum Gasteiger partial charge on any atom is 0.313 e. The van der Waals surface area contributed by atoms with Gasteiger partial charge in [0.2, 0.25) is 11.5 Å². The number of phenolic OH excluding ortho intramolecular Hbond substituents is 1. The molecular formula is C49H56N10O10. The van der Waals surface area contributed by atoms with E-state index in [2.05, 4.69) is 25.7 Å². The summed E-state index contributed by atoms with van der Waals surface area (Å²) in [6.45, 7) is 13.8. The third-order valence-corrected chi connectivity index (χ3v) is 10.4. The zero-order chi connectivity index (χ0) is 49.3. The molecule has 20 nitrogen and oxygen atoms in total. The van der Waals surface area contributed by atoms with Crippen molar-refractivity contribution in [1.82, 2.24) is 29.5 Å². The van der Waals surface area contributed by atoms with E-state index in [1.165, 1.54) is 12.1 Å². The first kappa shape index (κ1) is 50.6. The number of aromatic hydroxyl groups is 1. The Kier molecular flexibility index (Phi) is 18.2. The molecule has 7 aromatic rings. The van der Waals surface area contributed by atoms with Gasteiger partial charge in [-0.25, -0.2) is 9.36 Å². The summed E-state index contributed by atoms with van der Waals surface area (Å²) in [5, 5.41) is 49.5. The molecule has 4 heterocycles. The molecule has 0 aliphatic carbocycles. The second-order valence-electron chi connectivity index (χ2n) is 15.1. The molecule has 0 atom stereocenters. The molecule has 4 aromatic heterocycles. The van der Waals surface area contributed by atoms with Crippen molar-refractivity contribution in [2.45, 2.75) is 73.8 Å². The number of nitro groups is 2. The molecule has 0 aliphatic rings. The molecule has 7 rings (SSSR count). The minimum Gasteiger partial charge on any atom is -0.501 e. The molecule has 3 N–H and O–H groups in total. The van der Waals surface area contributed by atoms with E-state index in [4.69, 9.17) is 28.8 Å². The number of aryl methyl sites for hydroxylation is 2. The van der Waals surface area contributed by atoms with Crippen molar-refractivity contribution in [3.8, 4) is 34.0 Å². The van der Waals surface area contributed by atoms with Gasteiger partial charge < -0.3 is 39.4 Å². The van der Waals surface area contributed by atoms with Crippen LogP contribution in [0.15, 0.2) is 116 Å². The van der Waals surface area contributed by atoms with Gasteiger partial charge in [0.25, 0.3) is 0 Å². The number of rotatable bonds is 23. The zero-order valence-electron chi connectivity index (χ0n) is 39.3. The number of hydrogen-bond donors (Lipinski definition) is 3. The quantitative estimate of drug-likeness (QED) is 0.0234. The molecule has 0 saturated carbocycles. The van der Waals surface area contributed by atoms with E-state index in [1.54, 1.807) is 65.3 Å². The lowest BCUT2D eigenvalue weighted by Gasteiger charge is -2.20. The summed E-state index contributed by atoms with van der Waals surface area (Å²) in [7, 11) is 0. The van der Waals surface area contributed by atoms with Gasteiger partial charge in [-0.15, -0.1) is 0 Å². The van der Waals surface area contributed by atoms with Crippen molar-refractivity contribution in [3.05, 3.63) is 153 Å². The van der Waals surface area contributed by atoms with Gasteiger partial charge in [0.15, 0.2) is 12.6 Å². The standard InChI is InChI=1S/C28H31N5O5.C21H25N5O5/c1-4-36-26(37-5-2)18-32-25(16-23(31-32)22-12-9-15-29-17-22)30-27-20(3)13-14-24(33(34)35)28(27)38-19-21-10-7-6-8-11-21;1-4-30-19(31-5-2)13-25-18(11-16(24-25)15-7-6-10-22-12-15)23-20-14(3)8-9-17(21(20)27)26(28)29/h6-17,26,30H,4-5,18-19H2,1-3H3;6-12,19,23,27H,4-5,13H2,1-3H3. The van der Waals surface area contributed by atoms with E-state index >= 15 is 0 Å². The number of phenols is 1. The van der Waals surface area contributed by atoms with Crippen molar-refractivity contribution in [1.29, 1.82) is 0 Å². The Balaban J connectivity index is 0.000000232. The van der Waals surface area contributed by atoms with Gasteiger partial charge in [-0.3, -0.25) is 30.2 Å². The summed E-state index contributed by atoms with van der Waals surface area (Å²) >= 11 is 0. The van der Waals surface area contributed by atoms with Crippen molar-refractivity contribution in [3.63, 3.8) is 0 Å². The third-order valence-electron chi connectivity index (χ3n) is 10.4. The van der Waals surface area contributed by atoms with E-state index in [1.807, 2.05) is 89.2 Å². The normalized spacial score (nSPS) is 11.1. The Morgan fingerprint density at radius 1 is 0.623 bits per heavy atom. The maximum absolute atomic E-state index is 11.9. The van der Waals surface area contributed by atoms with Gasteiger partial charge in [-0.1, -0.05) is 42.5 Å². The molecule has 20 heteroatoms. The topological polar surface area (TPSA) is 238 Å².